The molecule has 25 heavy (non-hydrogen) atoms. The maximum atomic E-state index is 12.4. The molecule has 3 rings (SSSR count). The van der Waals surface area contributed by atoms with Crippen molar-refractivity contribution in [3.8, 4) is 5.75 Å². The molecule has 0 atom stereocenters. The summed E-state index contributed by atoms with van der Waals surface area (Å²) in [4.78, 5) is 26.0. The number of carbonyl (C=O) groups is 2. The summed E-state index contributed by atoms with van der Waals surface area (Å²) >= 11 is 0. The van der Waals surface area contributed by atoms with Crippen molar-refractivity contribution in [3.05, 3.63) is 53.6 Å². The van der Waals surface area contributed by atoms with Gasteiger partial charge in [-0.1, -0.05) is 19.1 Å². The second-order valence-corrected chi connectivity index (χ2v) is 6.11. The highest BCUT2D eigenvalue weighted by Crippen LogP contribution is 2.32. The summed E-state index contributed by atoms with van der Waals surface area (Å²) in [5, 5.41) is 2.92. The summed E-state index contributed by atoms with van der Waals surface area (Å²) in [6, 6.07) is 13.2. The third kappa shape index (κ3) is 3.99. The molecule has 1 aliphatic rings. The highest BCUT2D eigenvalue weighted by molar-refractivity contribution is 5.97. The first-order valence-electron chi connectivity index (χ1n) is 8.48. The number of hydrogen-bond acceptors (Lipinski definition) is 4. The van der Waals surface area contributed by atoms with Crippen molar-refractivity contribution in [3.63, 3.8) is 0 Å². The van der Waals surface area contributed by atoms with E-state index in [1.807, 2.05) is 29.2 Å². The molecule has 5 heteroatoms. The second-order valence-electron chi connectivity index (χ2n) is 6.11. The highest BCUT2D eigenvalue weighted by Gasteiger charge is 2.21. The first-order chi connectivity index (χ1) is 12.1. The lowest BCUT2D eigenvalue weighted by atomic mass is 10.1. The zero-order chi connectivity index (χ0) is 17.8. The molecule has 0 aliphatic carbocycles. The monoisotopic (exact) mass is 338 g/mol. The van der Waals surface area contributed by atoms with Crippen molar-refractivity contribution in [1.29, 1.82) is 0 Å². The molecule has 0 saturated heterocycles. The van der Waals surface area contributed by atoms with Crippen LogP contribution in [0.1, 0.15) is 29.8 Å². The Balaban J connectivity index is 1.71. The number of nitrogens with zero attached hydrogens (tertiary/aromatic N) is 1. The summed E-state index contributed by atoms with van der Waals surface area (Å²) < 4.78 is 5.63. The van der Waals surface area contributed by atoms with Gasteiger partial charge in [0.25, 0.3) is 0 Å². The van der Waals surface area contributed by atoms with E-state index in [0.717, 1.165) is 17.8 Å². The number of amides is 1. The van der Waals surface area contributed by atoms with Crippen molar-refractivity contribution in [2.45, 2.75) is 20.3 Å². The first kappa shape index (κ1) is 17.0. The van der Waals surface area contributed by atoms with Crippen LogP contribution < -0.4 is 15.0 Å². The molecule has 5 nitrogen and oxygen atoms in total. The summed E-state index contributed by atoms with van der Waals surface area (Å²) in [6.45, 7) is 4.97. The van der Waals surface area contributed by atoms with Crippen LogP contribution in [-0.4, -0.2) is 31.4 Å². The van der Waals surface area contributed by atoms with Crippen LogP contribution in [0.5, 0.6) is 5.75 Å². The van der Waals surface area contributed by atoms with E-state index in [-0.39, 0.29) is 18.2 Å². The topological polar surface area (TPSA) is 58.6 Å². The smallest absolute Gasteiger partial charge is 0.243 e. The van der Waals surface area contributed by atoms with E-state index in [4.69, 9.17) is 4.74 Å². The fourth-order valence-electron chi connectivity index (χ4n) is 2.85. The molecule has 1 heterocycles. The van der Waals surface area contributed by atoms with Gasteiger partial charge in [-0.15, -0.1) is 0 Å². The van der Waals surface area contributed by atoms with Gasteiger partial charge in [0, 0.05) is 11.3 Å². The van der Waals surface area contributed by atoms with Crippen LogP contribution in [0.15, 0.2) is 42.5 Å². The Kier molecular flexibility index (Phi) is 5.03. The van der Waals surface area contributed by atoms with Crippen LogP contribution >= 0.6 is 0 Å². The van der Waals surface area contributed by atoms with Crippen molar-refractivity contribution in [1.82, 2.24) is 0 Å². The maximum Gasteiger partial charge on any atom is 0.243 e. The predicted octanol–water partition coefficient (Wildman–Crippen LogP) is 3.29. The molecule has 1 amide bonds. The fourth-order valence-corrected chi connectivity index (χ4v) is 2.85. The number of Topliss-reactive ketones (excluding diaryl/α,β-unsaturated/α-hetero) is 1. The van der Waals surface area contributed by atoms with Gasteiger partial charge in [0.1, 0.15) is 12.4 Å². The van der Waals surface area contributed by atoms with Gasteiger partial charge in [-0.05, 0) is 49.2 Å². The van der Waals surface area contributed by atoms with Gasteiger partial charge in [-0.25, -0.2) is 0 Å². The number of hydrogen-bond donors (Lipinski definition) is 1. The Morgan fingerprint density at radius 2 is 1.92 bits per heavy atom. The summed E-state index contributed by atoms with van der Waals surface area (Å²) in [6.07, 6.45) is 0.970. The lowest BCUT2D eigenvalue weighted by molar-refractivity contribution is -0.115. The van der Waals surface area contributed by atoms with Crippen LogP contribution in [0.25, 0.3) is 0 Å². The van der Waals surface area contributed by atoms with Crippen molar-refractivity contribution >= 4 is 23.1 Å². The number of anilines is 2. The van der Waals surface area contributed by atoms with Crippen molar-refractivity contribution < 1.29 is 14.3 Å². The number of nitrogens with one attached hydrogen (secondary N) is 1. The van der Waals surface area contributed by atoms with E-state index in [1.165, 1.54) is 12.5 Å². The van der Waals surface area contributed by atoms with Gasteiger partial charge in [0.05, 0.1) is 18.8 Å². The molecule has 0 fully saturated rings. The number of rotatable bonds is 5. The van der Waals surface area contributed by atoms with Crippen LogP contribution in [0, 0.1) is 0 Å². The van der Waals surface area contributed by atoms with Crippen LogP contribution in [0.3, 0.4) is 0 Å². The van der Waals surface area contributed by atoms with Gasteiger partial charge in [-0.3, -0.25) is 9.59 Å². The number of fused-ring (bicyclic) bond motifs is 1. The normalized spacial score (nSPS) is 13.0. The lowest BCUT2D eigenvalue weighted by Crippen LogP contribution is -2.38. The molecule has 0 unspecified atom stereocenters. The third-order valence-electron chi connectivity index (χ3n) is 4.31. The second kappa shape index (κ2) is 7.38. The number of carbonyl (C=O) groups excluding carboxylic acids is 2. The first-order valence-corrected chi connectivity index (χ1v) is 8.48. The summed E-state index contributed by atoms with van der Waals surface area (Å²) in [5.41, 5.74) is 3.42. The van der Waals surface area contributed by atoms with Gasteiger partial charge in [-0.2, -0.15) is 0 Å². The lowest BCUT2D eigenvalue weighted by Gasteiger charge is -2.31. The molecule has 0 saturated carbocycles. The molecule has 1 aliphatic heterocycles. The van der Waals surface area contributed by atoms with E-state index in [1.54, 1.807) is 18.2 Å². The van der Waals surface area contributed by atoms with Gasteiger partial charge >= 0.3 is 0 Å². The Hall–Kier alpha value is -2.82. The molecule has 0 spiro atoms. The van der Waals surface area contributed by atoms with Crippen molar-refractivity contribution in [2.75, 3.05) is 29.9 Å². The zero-order valence-corrected chi connectivity index (χ0v) is 14.5. The standard InChI is InChI=1S/C20H22N2O3/c1-3-15-4-7-17(8-5-15)21-20(24)13-22-10-11-25-19-9-6-16(14(2)23)12-18(19)22/h4-9,12H,3,10-11,13H2,1-2H3,(H,21,24). The summed E-state index contributed by atoms with van der Waals surface area (Å²) in [5.74, 6) is 0.607. The number of aryl methyl sites for hydroxylation is 1. The Labute approximate surface area is 147 Å². The van der Waals surface area contributed by atoms with Gasteiger partial charge in [0.2, 0.25) is 5.91 Å². The minimum absolute atomic E-state index is 0.00575. The zero-order valence-electron chi connectivity index (χ0n) is 14.5. The average molecular weight is 338 g/mol. The van der Waals surface area contributed by atoms with E-state index < -0.39 is 0 Å². The minimum Gasteiger partial charge on any atom is -0.490 e. The molecule has 130 valence electrons. The average Bonchev–Trinajstić information content (AvgIpc) is 2.62. The number of benzene rings is 2. The third-order valence-corrected chi connectivity index (χ3v) is 4.31. The quantitative estimate of drug-likeness (QED) is 0.850. The molecule has 2 aromatic carbocycles. The number of ketones is 1. The SMILES string of the molecule is CCc1ccc(NC(=O)CN2CCOc3ccc(C(C)=O)cc32)cc1. The highest BCUT2D eigenvalue weighted by atomic mass is 16.5. The van der Waals surface area contributed by atoms with Crippen LogP contribution in [-0.2, 0) is 11.2 Å². The van der Waals surface area contributed by atoms with E-state index in [0.29, 0.717) is 24.5 Å². The Bertz CT molecular complexity index is 784. The van der Waals surface area contributed by atoms with Crippen molar-refractivity contribution in [2.24, 2.45) is 0 Å². The minimum atomic E-state index is -0.0923. The van der Waals surface area contributed by atoms with Crippen LogP contribution in [0.2, 0.25) is 0 Å². The fraction of sp³-hybridized carbons (Fsp3) is 0.300. The molecule has 2 aromatic rings. The Morgan fingerprint density at radius 1 is 1.16 bits per heavy atom. The van der Waals surface area contributed by atoms with Gasteiger partial charge in [0.15, 0.2) is 5.78 Å². The molecular formula is C20H22N2O3. The van der Waals surface area contributed by atoms with Crippen LogP contribution in [0.4, 0.5) is 11.4 Å². The predicted molar refractivity (Wildman–Crippen MR) is 98.6 cm³/mol. The Morgan fingerprint density at radius 3 is 2.60 bits per heavy atom. The molecule has 0 aromatic heterocycles. The van der Waals surface area contributed by atoms with E-state index in [2.05, 4.69) is 12.2 Å². The molecule has 0 radical (unpaired) electrons. The summed E-state index contributed by atoms with van der Waals surface area (Å²) in [7, 11) is 0. The van der Waals surface area contributed by atoms with Gasteiger partial charge < -0.3 is 15.0 Å². The molecular weight excluding hydrogens is 316 g/mol. The number of ether oxygens (including phenoxy) is 1. The molecule has 1 N–H and O–H groups in total. The maximum absolute atomic E-state index is 12.4. The van der Waals surface area contributed by atoms with E-state index in [9.17, 15) is 9.59 Å². The molecule has 0 bridgehead atoms. The largest absolute Gasteiger partial charge is 0.490 e. The van der Waals surface area contributed by atoms with E-state index >= 15 is 0 Å².